The number of anilines is 2. The molecular formula is C23H25N3O3S2. The van der Waals surface area contributed by atoms with Crippen molar-refractivity contribution in [1.82, 2.24) is 4.98 Å². The summed E-state index contributed by atoms with van der Waals surface area (Å²) in [5.41, 5.74) is 2.50. The Morgan fingerprint density at radius 3 is 2.65 bits per heavy atom. The summed E-state index contributed by atoms with van der Waals surface area (Å²) >= 11 is 2.82. The van der Waals surface area contributed by atoms with E-state index in [0.29, 0.717) is 11.6 Å². The number of carbonyl (C=O) groups excluding carboxylic acids is 2. The van der Waals surface area contributed by atoms with E-state index in [1.165, 1.54) is 23.1 Å². The van der Waals surface area contributed by atoms with Crippen LogP contribution in [0.1, 0.15) is 26.7 Å². The molecule has 2 N–H and O–H groups in total. The monoisotopic (exact) mass is 455 g/mol. The van der Waals surface area contributed by atoms with Crippen LogP contribution in [0.3, 0.4) is 0 Å². The van der Waals surface area contributed by atoms with E-state index in [9.17, 15) is 9.59 Å². The van der Waals surface area contributed by atoms with Crippen LogP contribution in [0.15, 0.2) is 58.8 Å². The fourth-order valence-electron chi connectivity index (χ4n) is 2.79. The number of benzene rings is 2. The molecule has 1 aromatic heterocycles. The first-order valence-electron chi connectivity index (χ1n) is 9.96. The third-order valence-corrected chi connectivity index (χ3v) is 6.25. The quantitative estimate of drug-likeness (QED) is 0.406. The highest BCUT2D eigenvalue weighted by Crippen LogP contribution is 2.29. The van der Waals surface area contributed by atoms with Crippen LogP contribution >= 0.6 is 23.1 Å². The van der Waals surface area contributed by atoms with Crippen LogP contribution in [0, 0.1) is 0 Å². The fraction of sp³-hybridized carbons (Fsp3) is 0.261. The molecule has 8 heteroatoms. The Hall–Kier alpha value is -2.84. The zero-order valence-corrected chi connectivity index (χ0v) is 19.3. The zero-order chi connectivity index (χ0) is 22.2. The average molecular weight is 456 g/mol. The molecule has 1 heterocycles. The van der Waals surface area contributed by atoms with Crippen LogP contribution in [-0.2, 0) is 9.59 Å². The van der Waals surface area contributed by atoms with E-state index < -0.39 is 0 Å². The summed E-state index contributed by atoms with van der Waals surface area (Å²) in [5, 5.41) is 7.92. The van der Waals surface area contributed by atoms with Crippen LogP contribution in [-0.4, -0.2) is 29.2 Å². The molecule has 0 saturated carbocycles. The lowest BCUT2D eigenvalue weighted by atomic mass is 10.2. The van der Waals surface area contributed by atoms with E-state index in [-0.39, 0.29) is 17.1 Å². The van der Waals surface area contributed by atoms with Crippen molar-refractivity contribution in [3.63, 3.8) is 0 Å². The maximum Gasteiger partial charge on any atom is 0.239 e. The molecule has 2 amide bonds. The maximum absolute atomic E-state index is 12.6. The van der Waals surface area contributed by atoms with Gasteiger partial charge in [0.05, 0.1) is 18.1 Å². The Balaban J connectivity index is 1.58. The summed E-state index contributed by atoms with van der Waals surface area (Å²) in [6.07, 6.45) is 1.29. The second-order valence-corrected chi connectivity index (χ2v) is 9.11. The molecule has 0 spiro atoms. The van der Waals surface area contributed by atoms with Crippen molar-refractivity contribution in [2.24, 2.45) is 0 Å². The number of ether oxygens (including phenoxy) is 1. The normalized spacial score (nSPS) is 11.6. The minimum Gasteiger partial charge on any atom is -0.497 e. The van der Waals surface area contributed by atoms with E-state index >= 15 is 0 Å². The molecule has 0 aliphatic carbocycles. The van der Waals surface area contributed by atoms with Crippen molar-refractivity contribution in [2.45, 2.75) is 36.8 Å². The molecule has 0 radical (unpaired) electrons. The van der Waals surface area contributed by atoms with Crippen molar-refractivity contribution >= 4 is 45.7 Å². The van der Waals surface area contributed by atoms with Gasteiger partial charge >= 0.3 is 0 Å². The van der Waals surface area contributed by atoms with E-state index in [0.717, 1.165) is 34.0 Å². The molecule has 1 atom stereocenters. The molecule has 0 aliphatic heterocycles. The Kier molecular flexibility index (Phi) is 8.08. The molecule has 1 unspecified atom stereocenters. The lowest BCUT2D eigenvalue weighted by Gasteiger charge is -2.12. The summed E-state index contributed by atoms with van der Waals surface area (Å²) in [6, 6.07) is 15.2. The Morgan fingerprint density at radius 2 is 1.94 bits per heavy atom. The standard InChI is InChI=1S/C23H25N3O3S2/c1-4-6-21(27)24-17-7-5-8-19(13-17)31-15(2)22(28)26-23-25-20(14-30-23)16-9-11-18(29-3)12-10-16/h5,7-15H,4,6H2,1-3H3,(H,24,27)(H,25,26,28). The zero-order valence-electron chi connectivity index (χ0n) is 17.7. The highest BCUT2D eigenvalue weighted by atomic mass is 32.2. The largest absolute Gasteiger partial charge is 0.497 e. The molecule has 2 aromatic carbocycles. The predicted molar refractivity (Wildman–Crippen MR) is 128 cm³/mol. The van der Waals surface area contributed by atoms with E-state index in [4.69, 9.17) is 4.74 Å². The summed E-state index contributed by atoms with van der Waals surface area (Å²) in [5.74, 6) is 0.653. The number of nitrogens with zero attached hydrogens (tertiary/aromatic N) is 1. The van der Waals surface area contributed by atoms with Gasteiger partial charge in [0, 0.05) is 27.9 Å². The summed E-state index contributed by atoms with van der Waals surface area (Å²) in [4.78, 5) is 29.9. The molecule has 6 nitrogen and oxygen atoms in total. The molecule has 0 fully saturated rings. The van der Waals surface area contributed by atoms with Crippen LogP contribution < -0.4 is 15.4 Å². The van der Waals surface area contributed by atoms with E-state index in [1.807, 2.05) is 67.8 Å². The van der Waals surface area contributed by atoms with Gasteiger partial charge in [-0.05, 0) is 55.8 Å². The summed E-state index contributed by atoms with van der Waals surface area (Å²) in [7, 11) is 1.63. The Labute approximate surface area is 190 Å². The van der Waals surface area contributed by atoms with E-state index in [1.54, 1.807) is 7.11 Å². The molecule has 0 bridgehead atoms. The molecule has 0 saturated heterocycles. The number of nitrogens with one attached hydrogen (secondary N) is 2. The molecule has 3 aromatic rings. The average Bonchev–Trinajstić information content (AvgIpc) is 3.22. The number of thiazole rings is 1. The van der Waals surface area contributed by atoms with Gasteiger partial charge in [0.2, 0.25) is 11.8 Å². The van der Waals surface area contributed by atoms with Crippen molar-refractivity contribution in [3.8, 4) is 17.0 Å². The molecule has 31 heavy (non-hydrogen) atoms. The van der Waals surface area contributed by atoms with Gasteiger partial charge in [-0.2, -0.15) is 0 Å². The van der Waals surface area contributed by atoms with Gasteiger partial charge in [0.25, 0.3) is 0 Å². The van der Waals surface area contributed by atoms with Crippen molar-refractivity contribution in [2.75, 3.05) is 17.7 Å². The van der Waals surface area contributed by atoms with Gasteiger partial charge < -0.3 is 15.4 Å². The van der Waals surface area contributed by atoms with Gasteiger partial charge in [-0.15, -0.1) is 23.1 Å². The highest BCUT2D eigenvalue weighted by molar-refractivity contribution is 8.00. The number of methoxy groups -OCH3 is 1. The third kappa shape index (κ3) is 6.57. The predicted octanol–water partition coefficient (Wildman–Crippen LogP) is 5.68. The smallest absolute Gasteiger partial charge is 0.239 e. The summed E-state index contributed by atoms with van der Waals surface area (Å²) < 4.78 is 5.18. The second kappa shape index (κ2) is 11.0. The van der Waals surface area contributed by atoms with Gasteiger partial charge in [0.1, 0.15) is 5.75 Å². The molecular weight excluding hydrogens is 430 g/mol. The van der Waals surface area contributed by atoms with Gasteiger partial charge in [-0.1, -0.05) is 13.0 Å². The first-order valence-corrected chi connectivity index (χ1v) is 11.7. The molecule has 3 rings (SSSR count). The molecule has 0 aliphatic rings. The van der Waals surface area contributed by atoms with Gasteiger partial charge in [-0.3, -0.25) is 9.59 Å². The van der Waals surface area contributed by atoms with E-state index in [2.05, 4.69) is 15.6 Å². The Morgan fingerprint density at radius 1 is 1.16 bits per heavy atom. The molecule has 162 valence electrons. The number of aromatic nitrogens is 1. The van der Waals surface area contributed by atoms with Crippen LogP contribution in [0.5, 0.6) is 5.75 Å². The van der Waals surface area contributed by atoms with Crippen molar-refractivity contribution < 1.29 is 14.3 Å². The first-order chi connectivity index (χ1) is 15.0. The van der Waals surface area contributed by atoms with Gasteiger partial charge in [0.15, 0.2) is 5.13 Å². The second-order valence-electron chi connectivity index (χ2n) is 6.84. The lowest BCUT2D eigenvalue weighted by Crippen LogP contribution is -2.22. The Bertz CT molecular complexity index is 1030. The fourth-order valence-corrected chi connectivity index (χ4v) is 4.44. The van der Waals surface area contributed by atoms with Crippen molar-refractivity contribution in [3.05, 3.63) is 53.9 Å². The topological polar surface area (TPSA) is 80.3 Å². The third-order valence-electron chi connectivity index (χ3n) is 4.40. The number of thioether (sulfide) groups is 1. The lowest BCUT2D eigenvalue weighted by molar-refractivity contribution is -0.116. The number of hydrogen-bond acceptors (Lipinski definition) is 6. The minimum absolute atomic E-state index is 0.00752. The minimum atomic E-state index is -0.324. The van der Waals surface area contributed by atoms with Gasteiger partial charge in [-0.25, -0.2) is 4.98 Å². The van der Waals surface area contributed by atoms with Crippen LogP contribution in [0.2, 0.25) is 0 Å². The summed E-state index contributed by atoms with van der Waals surface area (Å²) in [6.45, 7) is 3.81. The van der Waals surface area contributed by atoms with Crippen LogP contribution in [0.25, 0.3) is 11.3 Å². The maximum atomic E-state index is 12.6. The number of amides is 2. The first kappa shape index (κ1) is 22.8. The number of hydrogen-bond donors (Lipinski definition) is 2. The van der Waals surface area contributed by atoms with Crippen LogP contribution in [0.4, 0.5) is 10.8 Å². The highest BCUT2D eigenvalue weighted by Gasteiger charge is 2.17. The SMILES string of the molecule is CCCC(=O)Nc1cccc(SC(C)C(=O)Nc2nc(-c3ccc(OC)cc3)cs2)c1. The number of rotatable bonds is 9. The number of carbonyl (C=O) groups is 2. The van der Waals surface area contributed by atoms with Crippen molar-refractivity contribution in [1.29, 1.82) is 0 Å².